The van der Waals surface area contributed by atoms with Gasteiger partial charge in [0, 0.05) is 0 Å². The Kier molecular flexibility index (Phi) is 4.51. The molecule has 0 bridgehead atoms. The maximum Gasteiger partial charge on any atom is 0.325 e. The Bertz CT molecular complexity index is 632. The van der Waals surface area contributed by atoms with Gasteiger partial charge in [-0.05, 0) is 31.5 Å². The first kappa shape index (κ1) is 15.0. The van der Waals surface area contributed by atoms with Gasteiger partial charge in [0.15, 0.2) is 5.25 Å². The van der Waals surface area contributed by atoms with E-state index in [1.165, 1.54) is 13.0 Å². The number of anilines is 1. The maximum absolute atomic E-state index is 12.0. The molecule has 7 heteroatoms. The third-order valence-electron chi connectivity index (χ3n) is 2.62. The molecular formula is C12H14N2O4S. The van der Waals surface area contributed by atoms with E-state index in [-0.39, 0.29) is 5.69 Å². The third kappa shape index (κ3) is 3.45. The molecule has 0 amide bonds. The molecular weight excluding hydrogens is 268 g/mol. The van der Waals surface area contributed by atoms with Gasteiger partial charge in [-0.2, -0.15) is 5.26 Å². The Morgan fingerprint density at radius 3 is 2.63 bits per heavy atom. The van der Waals surface area contributed by atoms with E-state index >= 15 is 0 Å². The van der Waals surface area contributed by atoms with Gasteiger partial charge in [-0.3, -0.25) is 9.52 Å². The van der Waals surface area contributed by atoms with Crippen molar-refractivity contribution in [1.29, 1.82) is 5.26 Å². The summed E-state index contributed by atoms with van der Waals surface area (Å²) in [5.74, 6) is -0.846. The molecule has 1 aromatic carbocycles. The lowest BCUT2D eigenvalue weighted by Crippen LogP contribution is -2.33. The molecule has 0 saturated heterocycles. The summed E-state index contributed by atoms with van der Waals surface area (Å²) in [4.78, 5) is 11.3. The molecule has 1 atom stereocenters. The molecule has 1 unspecified atom stereocenters. The summed E-state index contributed by atoms with van der Waals surface area (Å²) >= 11 is 0. The molecule has 6 nitrogen and oxygen atoms in total. The van der Waals surface area contributed by atoms with Crippen LogP contribution in [0.2, 0.25) is 0 Å². The topological polar surface area (TPSA) is 96.3 Å². The van der Waals surface area contributed by atoms with Gasteiger partial charge < -0.3 is 4.74 Å². The molecule has 0 aliphatic rings. The number of methoxy groups -OCH3 is 1. The highest BCUT2D eigenvalue weighted by Crippen LogP contribution is 2.19. The second-order valence-electron chi connectivity index (χ2n) is 3.95. The molecule has 19 heavy (non-hydrogen) atoms. The standard InChI is InChI=1S/C12H14N2O4S/c1-8-4-5-10(7-13)6-11(8)14-19(16,17)9(2)12(15)18-3/h4-6,9,14H,1-3H3. The van der Waals surface area contributed by atoms with E-state index < -0.39 is 21.2 Å². The van der Waals surface area contributed by atoms with Crippen LogP contribution in [0.1, 0.15) is 18.1 Å². The van der Waals surface area contributed by atoms with Crippen molar-refractivity contribution < 1.29 is 17.9 Å². The fourth-order valence-electron chi connectivity index (χ4n) is 1.34. The van der Waals surface area contributed by atoms with Crippen LogP contribution in [0.15, 0.2) is 18.2 Å². The zero-order valence-electron chi connectivity index (χ0n) is 10.8. The zero-order chi connectivity index (χ0) is 14.6. The molecule has 1 aromatic rings. The number of esters is 1. The summed E-state index contributed by atoms with van der Waals surface area (Å²) in [5.41, 5.74) is 1.25. The van der Waals surface area contributed by atoms with Gasteiger partial charge in [-0.25, -0.2) is 8.42 Å². The van der Waals surface area contributed by atoms with E-state index in [9.17, 15) is 13.2 Å². The largest absolute Gasteiger partial charge is 0.468 e. The van der Waals surface area contributed by atoms with Crippen LogP contribution in [-0.2, 0) is 19.6 Å². The van der Waals surface area contributed by atoms with Crippen molar-refractivity contribution in [2.45, 2.75) is 19.1 Å². The Labute approximate surface area is 112 Å². The van der Waals surface area contributed by atoms with Gasteiger partial charge in [0.05, 0.1) is 24.4 Å². The SMILES string of the molecule is COC(=O)C(C)S(=O)(=O)Nc1cc(C#N)ccc1C. The number of nitrogens with zero attached hydrogens (tertiary/aromatic N) is 1. The number of aryl methyl sites for hydroxylation is 1. The minimum Gasteiger partial charge on any atom is -0.468 e. The number of sulfonamides is 1. The molecule has 1 N–H and O–H groups in total. The fourth-order valence-corrected chi connectivity index (χ4v) is 2.39. The van der Waals surface area contributed by atoms with Gasteiger partial charge in [0.2, 0.25) is 10.0 Å². The second-order valence-corrected chi connectivity index (χ2v) is 5.96. The lowest BCUT2D eigenvalue weighted by Gasteiger charge is -2.14. The van der Waals surface area contributed by atoms with Crippen molar-refractivity contribution in [2.24, 2.45) is 0 Å². The number of nitrogens with one attached hydrogen (secondary N) is 1. The molecule has 0 spiro atoms. The van der Waals surface area contributed by atoms with Crippen LogP contribution in [-0.4, -0.2) is 26.7 Å². The number of carbonyl (C=O) groups is 1. The Morgan fingerprint density at radius 2 is 2.11 bits per heavy atom. The first-order chi connectivity index (χ1) is 8.81. The van der Waals surface area contributed by atoms with Crippen molar-refractivity contribution in [2.75, 3.05) is 11.8 Å². The van der Waals surface area contributed by atoms with E-state index in [0.29, 0.717) is 11.1 Å². The second kappa shape index (κ2) is 5.71. The van der Waals surface area contributed by atoms with Crippen LogP contribution in [0.3, 0.4) is 0 Å². The number of ether oxygens (including phenoxy) is 1. The van der Waals surface area contributed by atoms with Gasteiger partial charge in [0.1, 0.15) is 0 Å². The van der Waals surface area contributed by atoms with Crippen LogP contribution in [0.4, 0.5) is 5.69 Å². The summed E-state index contributed by atoms with van der Waals surface area (Å²) < 4.78 is 30.6. The van der Waals surface area contributed by atoms with E-state index in [4.69, 9.17) is 5.26 Å². The normalized spacial score (nSPS) is 12.3. The number of hydrogen-bond donors (Lipinski definition) is 1. The lowest BCUT2D eigenvalue weighted by molar-refractivity contribution is -0.139. The monoisotopic (exact) mass is 282 g/mol. The lowest BCUT2D eigenvalue weighted by atomic mass is 10.1. The van der Waals surface area contributed by atoms with E-state index in [1.807, 2.05) is 6.07 Å². The number of hydrogen-bond acceptors (Lipinski definition) is 5. The van der Waals surface area contributed by atoms with Crippen molar-refractivity contribution in [1.82, 2.24) is 0 Å². The summed E-state index contributed by atoms with van der Waals surface area (Å²) in [6, 6.07) is 6.54. The molecule has 1 rings (SSSR count). The third-order valence-corrected chi connectivity index (χ3v) is 4.25. The van der Waals surface area contributed by atoms with E-state index in [2.05, 4.69) is 9.46 Å². The maximum atomic E-state index is 12.0. The molecule has 0 aliphatic heterocycles. The van der Waals surface area contributed by atoms with Crippen molar-refractivity contribution >= 4 is 21.7 Å². The van der Waals surface area contributed by atoms with Gasteiger partial charge in [-0.1, -0.05) is 6.07 Å². The fraction of sp³-hybridized carbons (Fsp3) is 0.333. The van der Waals surface area contributed by atoms with Crippen LogP contribution >= 0.6 is 0 Å². The first-order valence-electron chi connectivity index (χ1n) is 5.42. The minimum atomic E-state index is -3.91. The summed E-state index contributed by atoms with van der Waals surface area (Å²) in [7, 11) is -2.79. The van der Waals surface area contributed by atoms with E-state index in [1.54, 1.807) is 19.1 Å². The van der Waals surface area contributed by atoms with Gasteiger partial charge in [0.25, 0.3) is 0 Å². The Morgan fingerprint density at radius 1 is 1.47 bits per heavy atom. The van der Waals surface area contributed by atoms with Crippen molar-refractivity contribution in [3.05, 3.63) is 29.3 Å². The van der Waals surface area contributed by atoms with Crippen LogP contribution in [0.25, 0.3) is 0 Å². The first-order valence-corrected chi connectivity index (χ1v) is 6.96. The van der Waals surface area contributed by atoms with Crippen LogP contribution < -0.4 is 4.72 Å². The molecule has 0 aromatic heterocycles. The average molecular weight is 282 g/mol. The Hall–Kier alpha value is -2.07. The summed E-state index contributed by atoms with van der Waals surface area (Å²) in [5, 5.41) is 7.45. The molecule has 0 aliphatic carbocycles. The number of rotatable bonds is 4. The molecule has 0 radical (unpaired) electrons. The predicted octanol–water partition coefficient (Wildman–Crippen LogP) is 1.17. The van der Waals surface area contributed by atoms with Crippen LogP contribution in [0.5, 0.6) is 0 Å². The average Bonchev–Trinajstić information content (AvgIpc) is 2.39. The highest BCUT2D eigenvalue weighted by molar-refractivity contribution is 7.94. The molecule has 0 heterocycles. The number of benzene rings is 1. The summed E-state index contributed by atoms with van der Waals surface area (Å²) in [6.45, 7) is 2.93. The molecule has 0 saturated carbocycles. The molecule has 102 valence electrons. The quantitative estimate of drug-likeness (QED) is 0.836. The highest BCUT2D eigenvalue weighted by atomic mass is 32.2. The Balaban J connectivity index is 3.09. The minimum absolute atomic E-state index is 0.273. The summed E-state index contributed by atoms with van der Waals surface area (Å²) in [6.07, 6.45) is 0. The van der Waals surface area contributed by atoms with Crippen LogP contribution in [0, 0.1) is 18.3 Å². The van der Waals surface area contributed by atoms with Crippen molar-refractivity contribution in [3.8, 4) is 6.07 Å². The number of nitriles is 1. The highest BCUT2D eigenvalue weighted by Gasteiger charge is 2.29. The number of carbonyl (C=O) groups excluding carboxylic acids is 1. The van der Waals surface area contributed by atoms with Crippen molar-refractivity contribution in [3.63, 3.8) is 0 Å². The molecule has 0 fully saturated rings. The zero-order valence-corrected chi connectivity index (χ0v) is 11.6. The smallest absolute Gasteiger partial charge is 0.325 e. The van der Waals surface area contributed by atoms with E-state index in [0.717, 1.165) is 7.11 Å². The van der Waals surface area contributed by atoms with Gasteiger partial charge >= 0.3 is 5.97 Å². The van der Waals surface area contributed by atoms with Gasteiger partial charge in [-0.15, -0.1) is 0 Å². The predicted molar refractivity (Wildman–Crippen MR) is 69.9 cm³/mol.